The molecule has 4 fully saturated rings. The predicted octanol–water partition coefficient (Wildman–Crippen LogP) is 5.09. The van der Waals surface area contributed by atoms with Crippen LogP contribution in [-0.4, -0.2) is 5.91 Å². The van der Waals surface area contributed by atoms with Crippen molar-refractivity contribution < 1.29 is 4.79 Å². The Morgan fingerprint density at radius 1 is 0.926 bits per heavy atom. The van der Waals surface area contributed by atoms with Crippen LogP contribution in [0.25, 0.3) is 6.08 Å². The lowest BCUT2D eigenvalue weighted by atomic mass is 9.50. The molecule has 0 spiro atoms. The molecule has 4 aliphatic carbocycles. The molecule has 0 aliphatic heterocycles. The first-order chi connectivity index (χ1) is 13.1. The van der Waals surface area contributed by atoms with Crippen molar-refractivity contribution in [1.29, 1.82) is 0 Å². The number of allylic oxidation sites excluding steroid dienone is 1. The fraction of sp³-hybridized carbons (Fsp3) is 0.400. The number of hydrogen-bond acceptors (Lipinski definition) is 1. The molecule has 4 bridgehead atoms. The Labute approximate surface area is 161 Å². The van der Waals surface area contributed by atoms with Crippen LogP contribution in [0, 0.1) is 17.3 Å². The summed E-state index contributed by atoms with van der Waals surface area (Å²) in [7, 11) is 0. The quantitative estimate of drug-likeness (QED) is 0.816. The molecule has 6 rings (SSSR count). The Morgan fingerprint density at radius 2 is 1.59 bits per heavy atom. The van der Waals surface area contributed by atoms with Gasteiger partial charge in [-0.3, -0.25) is 4.79 Å². The van der Waals surface area contributed by atoms with Gasteiger partial charge in [0.15, 0.2) is 0 Å². The molecule has 2 aromatic rings. The van der Waals surface area contributed by atoms with Gasteiger partial charge in [-0.05, 0) is 66.9 Å². The number of nitrogens with two attached hydrogens (primary N) is 1. The molecule has 0 radical (unpaired) electrons. The van der Waals surface area contributed by atoms with Crippen molar-refractivity contribution >= 4 is 12.0 Å². The summed E-state index contributed by atoms with van der Waals surface area (Å²) in [6.45, 7) is 0. The van der Waals surface area contributed by atoms with Crippen molar-refractivity contribution in [3.63, 3.8) is 0 Å². The number of carbonyl (C=O) groups excluding carboxylic acids is 1. The van der Waals surface area contributed by atoms with E-state index in [0.29, 0.717) is 11.8 Å². The molecule has 2 aromatic carbocycles. The number of fused-ring (bicyclic) bond motifs is 1. The first-order valence-corrected chi connectivity index (χ1v) is 10.2. The number of hydrogen-bond donors (Lipinski definition) is 1. The normalized spacial score (nSPS) is 35.9. The lowest BCUT2D eigenvalue weighted by Crippen LogP contribution is -2.50. The van der Waals surface area contributed by atoms with E-state index in [9.17, 15) is 4.79 Å². The predicted molar refractivity (Wildman–Crippen MR) is 109 cm³/mol. The Balaban J connectivity index is 1.63. The van der Waals surface area contributed by atoms with Gasteiger partial charge in [-0.15, -0.1) is 0 Å². The maximum Gasteiger partial charge on any atom is 0.223 e. The zero-order valence-electron chi connectivity index (χ0n) is 15.7. The molecule has 1 amide bonds. The second-order valence-corrected chi connectivity index (χ2v) is 9.07. The molecule has 4 aliphatic rings. The maximum atomic E-state index is 12.6. The minimum Gasteiger partial charge on any atom is -0.369 e. The molecule has 2 nitrogen and oxygen atoms in total. The smallest absolute Gasteiger partial charge is 0.223 e. The SMILES string of the molecule is NC(=O)C12CCC3CC(c4ccccc4)(CC(C1)/C3=C/c1ccccc1)C2. The fourth-order valence-corrected chi connectivity index (χ4v) is 6.45. The molecule has 138 valence electrons. The van der Waals surface area contributed by atoms with Gasteiger partial charge in [0.2, 0.25) is 5.91 Å². The van der Waals surface area contributed by atoms with Gasteiger partial charge in [0.25, 0.3) is 0 Å². The van der Waals surface area contributed by atoms with E-state index < -0.39 is 0 Å². The number of primary amides is 1. The topological polar surface area (TPSA) is 43.1 Å². The first-order valence-electron chi connectivity index (χ1n) is 10.2. The molecule has 0 saturated heterocycles. The van der Waals surface area contributed by atoms with Gasteiger partial charge >= 0.3 is 0 Å². The van der Waals surface area contributed by atoms with Crippen molar-refractivity contribution in [2.45, 2.75) is 43.9 Å². The van der Waals surface area contributed by atoms with Crippen molar-refractivity contribution in [3.8, 4) is 0 Å². The molecule has 0 aromatic heterocycles. The second-order valence-electron chi connectivity index (χ2n) is 9.07. The van der Waals surface area contributed by atoms with Crippen LogP contribution in [-0.2, 0) is 10.2 Å². The number of amides is 1. The van der Waals surface area contributed by atoms with Gasteiger partial charge in [-0.2, -0.15) is 0 Å². The highest BCUT2D eigenvalue weighted by Crippen LogP contribution is 2.64. The van der Waals surface area contributed by atoms with Crippen molar-refractivity contribution in [2.24, 2.45) is 23.0 Å². The summed E-state index contributed by atoms with van der Waals surface area (Å²) in [6, 6.07) is 21.5. The molecule has 4 saturated carbocycles. The first kappa shape index (κ1) is 16.8. The van der Waals surface area contributed by atoms with Crippen LogP contribution in [0.3, 0.4) is 0 Å². The van der Waals surface area contributed by atoms with Gasteiger partial charge in [0.05, 0.1) is 5.41 Å². The third-order valence-corrected chi connectivity index (χ3v) is 7.54. The minimum absolute atomic E-state index is 0.0749. The lowest BCUT2D eigenvalue weighted by Gasteiger charge is -2.53. The van der Waals surface area contributed by atoms with E-state index in [1.807, 2.05) is 0 Å². The van der Waals surface area contributed by atoms with Crippen molar-refractivity contribution in [1.82, 2.24) is 0 Å². The number of rotatable bonds is 3. The summed E-state index contributed by atoms with van der Waals surface area (Å²) in [5.41, 5.74) is 10.1. The van der Waals surface area contributed by atoms with E-state index in [-0.39, 0.29) is 16.7 Å². The summed E-state index contributed by atoms with van der Waals surface area (Å²) < 4.78 is 0. The highest BCUT2D eigenvalue weighted by Gasteiger charge is 2.58. The van der Waals surface area contributed by atoms with E-state index in [1.165, 1.54) is 11.1 Å². The van der Waals surface area contributed by atoms with E-state index in [0.717, 1.165) is 38.5 Å². The molecule has 2 heteroatoms. The highest BCUT2D eigenvalue weighted by atomic mass is 16.1. The Hall–Kier alpha value is -2.35. The highest BCUT2D eigenvalue weighted by molar-refractivity contribution is 5.82. The average molecular weight is 357 g/mol. The van der Waals surface area contributed by atoms with Crippen LogP contribution in [0.4, 0.5) is 0 Å². The van der Waals surface area contributed by atoms with Gasteiger partial charge in [0, 0.05) is 0 Å². The number of benzene rings is 2. The van der Waals surface area contributed by atoms with Crippen molar-refractivity contribution in [2.75, 3.05) is 0 Å². The maximum absolute atomic E-state index is 12.6. The summed E-state index contributed by atoms with van der Waals surface area (Å²) in [5, 5.41) is 0. The molecule has 2 N–H and O–H groups in total. The third kappa shape index (κ3) is 2.65. The summed E-state index contributed by atoms with van der Waals surface area (Å²) in [6.07, 6.45) is 8.63. The standard InChI is InChI=1S/C25H27NO/c26-23(27)24-12-11-19-14-25(17-24,21-9-5-2-6-10-21)16-20(15-24)22(19)13-18-7-3-1-4-8-18/h1-10,13,19-20H,11-12,14-17H2,(H2,26,27)/b22-13+. The number of carbonyl (C=O) groups is 1. The van der Waals surface area contributed by atoms with Crippen LogP contribution < -0.4 is 5.73 Å². The van der Waals surface area contributed by atoms with Crippen LogP contribution in [0.5, 0.6) is 0 Å². The second kappa shape index (κ2) is 6.09. The summed E-state index contributed by atoms with van der Waals surface area (Å²) >= 11 is 0. The van der Waals surface area contributed by atoms with Crippen LogP contribution in [0.15, 0.2) is 66.2 Å². The summed E-state index contributed by atoms with van der Waals surface area (Å²) in [5.74, 6) is 0.954. The molecule has 4 unspecified atom stereocenters. The molecule has 27 heavy (non-hydrogen) atoms. The van der Waals surface area contributed by atoms with Crippen LogP contribution in [0.2, 0.25) is 0 Å². The monoisotopic (exact) mass is 357 g/mol. The Bertz CT molecular complexity index is 887. The average Bonchev–Trinajstić information content (AvgIpc) is 2.88. The van der Waals surface area contributed by atoms with Crippen LogP contribution >= 0.6 is 0 Å². The van der Waals surface area contributed by atoms with E-state index in [2.05, 4.69) is 66.7 Å². The van der Waals surface area contributed by atoms with Crippen LogP contribution in [0.1, 0.15) is 49.7 Å². The Kier molecular flexibility index (Phi) is 3.79. The Morgan fingerprint density at radius 3 is 2.30 bits per heavy atom. The zero-order valence-corrected chi connectivity index (χ0v) is 15.7. The molecular formula is C25H27NO. The van der Waals surface area contributed by atoms with E-state index >= 15 is 0 Å². The van der Waals surface area contributed by atoms with Gasteiger partial charge in [-0.1, -0.05) is 72.3 Å². The fourth-order valence-electron chi connectivity index (χ4n) is 6.45. The third-order valence-electron chi connectivity index (χ3n) is 7.54. The summed E-state index contributed by atoms with van der Waals surface area (Å²) in [4.78, 5) is 12.6. The van der Waals surface area contributed by atoms with E-state index in [1.54, 1.807) is 5.57 Å². The van der Waals surface area contributed by atoms with Gasteiger partial charge < -0.3 is 5.73 Å². The lowest BCUT2D eigenvalue weighted by molar-refractivity contribution is -0.132. The molecular weight excluding hydrogens is 330 g/mol. The molecule has 4 atom stereocenters. The minimum atomic E-state index is -0.334. The zero-order chi connectivity index (χ0) is 18.5. The largest absolute Gasteiger partial charge is 0.369 e. The van der Waals surface area contributed by atoms with Crippen molar-refractivity contribution in [3.05, 3.63) is 77.4 Å². The molecule has 0 heterocycles. The van der Waals surface area contributed by atoms with Gasteiger partial charge in [0.1, 0.15) is 0 Å². The van der Waals surface area contributed by atoms with Gasteiger partial charge in [-0.25, -0.2) is 0 Å². The van der Waals surface area contributed by atoms with E-state index in [4.69, 9.17) is 5.73 Å².